The van der Waals surface area contributed by atoms with Gasteiger partial charge < -0.3 is 15.0 Å². The van der Waals surface area contributed by atoms with Crippen LogP contribution in [0.25, 0.3) is 0 Å². The van der Waals surface area contributed by atoms with E-state index in [1.807, 2.05) is 23.8 Å². The van der Waals surface area contributed by atoms with Gasteiger partial charge in [-0.15, -0.1) is 0 Å². The molecule has 1 unspecified atom stereocenters. The van der Waals surface area contributed by atoms with Crippen LogP contribution in [0.5, 0.6) is 0 Å². The Hall–Kier alpha value is -2.30. The van der Waals surface area contributed by atoms with Gasteiger partial charge in [0.25, 0.3) is 0 Å². The number of hydrogen-bond donors (Lipinski definition) is 2. The average Bonchev–Trinajstić information content (AvgIpc) is 2.82. The number of carbonyl (C=O) groups is 1. The summed E-state index contributed by atoms with van der Waals surface area (Å²) in [6, 6.07) is 6.98. The van der Waals surface area contributed by atoms with Crippen molar-refractivity contribution in [3.05, 3.63) is 48.5 Å². The summed E-state index contributed by atoms with van der Waals surface area (Å²) < 4.78 is 1.97. The van der Waals surface area contributed by atoms with Gasteiger partial charge in [0, 0.05) is 30.7 Å². The lowest BCUT2D eigenvalue weighted by atomic mass is 10.2. The maximum Gasteiger partial charge on any atom is 0.335 e. The molecule has 0 spiro atoms. The molecule has 0 fully saturated rings. The topological polar surface area (TPSA) is 67.2 Å². The lowest BCUT2D eigenvalue weighted by Gasteiger charge is -2.16. The van der Waals surface area contributed by atoms with Crippen LogP contribution in [0.1, 0.15) is 17.3 Å². The molecule has 1 aromatic heterocycles. The molecule has 1 atom stereocenters. The predicted octanol–water partition coefficient (Wildman–Crippen LogP) is 2.08. The third kappa shape index (κ3) is 3.10. The molecule has 0 amide bonds. The minimum atomic E-state index is -0.916. The van der Waals surface area contributed by atoms with Gasteiger partial charge in [0.05, 0.1) is 11.9 Å². The van der Waals surface area contributed by atoms with Gasteiger partial charge in [0.15, 0.2) is 0 Å². The van der Waals surface area contributed by atoms with Crippen LogP contribution >= 0.6 is 0 Å². The van der Waals surface area contributed by atoms with Gasteiger partial charge in [-0.2, -0.15) is 0 Å². The van der Waals surface area contributed by atoms with Crippen molar-refractivity contribution < 1.29 is 9.90 Å². The Morgan fingerprint density at radius 2 is 2.39 bits per heavy atom. The second-order valence-electron chi connectivity index (χ2n) is 4.19. The molecule has 1 heterocycles. The highest BCUT2D eigenvalue weighted by atomic mass is 16.4. The van der Waals surface area contributed by atoms with Gasteiger partial charge in [-0.3, -0.25) is 0 Å². The number of rotatable bonds is 5. The molecule has 1 aromatic carbocycles. The first-order valence-electron chi connectivity index (χ1n) is 5.71. The van der Waals surface area contributed by atoms with Crippen molar-refractivity contribution in [2.24, 2.45) is 0 Å². The zero-order valence-electron chi connectivity index (χ0n) is 10.1. The van der Waals surface area contributed by atoms with E-state index in [1.165, 1.54) is 0 Å². The van der Waals surface area contributed by atoms with Gasteiger partial charge in [0.1, 0.15) is 0 Å². The van der Waals surface area contributed by atoms with Gasteiger partial charge in [-0.25, -0.2) is 9.78 Å². The van der Waals surface area contributed by atoms with Gasteiger partial charge in [-0.1, -0.05) is 6.07 Å². The number of benzene rings is 1. The lowest BCUT2D eigenvalue weighted by molar-refractivity contribution is 0.0697. The van der Waals surface area contributed by atoms with Crippen molar-refractivity contribution in [2.45, 2.75) is 19.5 Å². The Bertz CT molecular complexity index is 523. The van der Waals surface area contributed by atoms with E-state index >= 15 is 0 Å². The van der Waals surface area contributed by atoms with E-state index in [0.29, 0.717) is 0 Å². The lowest BCUT2D eigenvalue weighted by Crippen LogP contribution is -2.21. The SMILES string of the molecule is CC(Cn1ccnc1)Nc1cccc(C(=O)O)c1. The number of aromatic nitrogens is 2. The standard InChI is InChI=1S/C13H15N3O2/c1-10(8-16-6-5-14-9-16)15-12-4-2-3-11(7-12)13(17)18/h2-7,9-10,15H,8H2,1H3,(H,17,18). The number of imidazole rings is 1. The molecule has 2 rings (SSSR count). The Balaban J connectivity index is 2.00. The Morgan fingerprint density at radius 3 is 3.06 bits per heavy atom. The van der Waals surface area contributed by atoms with Crippen LogP contribution in [0.4, 0.5) is 5.69 Å². The number of nitrogens with zero attached hydrogens (tertiary/aromatic N) is 2. The summed E-state index contributed by atoms with van der Waals surface area (Å²) in [5.41, 5.74) is 1.09. The molecule has 0 aliphatic heterocycles. The third-order valence-corrected chi connectivity index (χ3v) is 2.57. The smallest absolute Gasteiger partial charge is 0.335 e. The van der Waals surface area contributed by atoms with Crippen LogP contribution in [0.3, 0.4) is 0 Å². The molecular weight excluding hydrogens is 230 g/mol. The van der Waals surface area contributed by atoms with Crippen molar-refractivity contribution in [3.63, 3.8) is 0 Å². The van der Waals surface area contributed by atoms with E-state index in [9.17, 15) is 4.79 Å². The molecule has 94 valence electrons. The normalized spacial score (nSPS) is 12.1. The zero-order valence-corrected chi connectivity index (χ0v) is 10.1. The first kappa shape index (κ1) is 12.2. The molecule has 0 aliphatic rings. The summed E-state index contributed by atoms with van der Waals surface area (Å²) in [5.74, 6) is -0.916. The van der Waals surface area contributed by atoms with E-state index in [0.717, 1.165) is 12.2 Å². The first-order chi connectivity index (χ1) is 8.65. The molecule has 0 saturated heterocycles. The molecule has 0 bridgehead atoms. The largest absolute Gasteiger partial charge is 0.478 e. The minimum Gasteiger partial charge on any atom is -0.478 e. The number of carboxylic acid groups (broad SMARTS) is 1. The summed E-state index contributed by atoms with van der Waals surface area (Å²) in [5, 5.41) is 12.2. The monoisotopic (exact) mass is 245 g/mol. The van der Waals surface area contributed by atoms with Gasteiger partial charge in [0.2, 0.25) is 0 Å². The van der Waals surface area contributed by atoms with Crippen LogP contribution in [0.2, 0.25) is 0 Å². The molecule has 5 heteroatoms. The molecule has 0 saturated carbocycles. The van der Waals surface area contributed by atoms with E-state index in [2.05, 4.69) is 10.3 Å². The minimum absolute atomic E-state index is 0.184. The molecule has 18 heavy (non-hydrogen) atoms. The van der Waals surface area contributed by atoms with Crippen LogP contribution in [-0.4, -0.2) is 26.7 Å². The Labute approximate surface area is 105 Å². The summed E-state index contributed by atoms with van der Waals surface area (Å²) in [6.07, 6.45) is 5.38. The molecular formula is C13H15N3O2. The van der Waals surface area contributed by atoms with Crippen LogP contribution in [0, 0.1) is 0 Å². The summed E-state index contributed by atoms with van der Waals surface area (Å²) in [7, 11) is 0. The van der Waals surface area contributed by atoms with E-state index < -0.39 is 5.97 Å². The predicted molar refractivity (Wildman–Crippen MR) is 68.7 cm³/mol. The summed E-state index contributed by atoms with van der Waals surface area (Å²) in [4.78, 5) is 14.8. The fourth-order valence-electron chi connectivity index (χ4n) is 1.78. The average molecular weight is 245 g/mol. The quantitative estimate of drug-likeness (QED) is 0.846. The number of hydrogen-bond acceptors (Lipinski definition) is 3. The number of nitrogens with one attached hydrogen (secondary N) is 1. The number of carboxylic acids is 1. The van der Waals surface area contributed by atoms with Crippen molar-refractivity contribution in [1.29, 1.82) is 0 Å². The van der Waals surface area contributed by atoms with Crippen molar-refractivity contribution in [3.8, 4) is 0 Å². The molecule has 2 N–H and O–H groups in total. The zero-order chi connectivity index (χ0) is 13.0. The molecule has 0 aliphatic carbocycles. The van der Waals surface area contributed by atoms with Gasteiger partial charge in [-0.05, 0) is 25.1 Å². The Kier molecular flexibility index (Phi) is 3.62. The van der Waals surface area contributed by atoms with Crippen molar-refractivity contribution in [2.75, 3.05) is 5.32 Å². The fourth-order valence-corrected chi connectivity index (χ4v) is 1.78. The van der Waals surface area contributed by atoms with E-state index in [-0.39, 0.29) is 11.6 Å². The Morgan fingerprint density at radius 1 is 1.56 bits per heavy atom. The second kappa shape index (κ2) is 5.35. The van der Waals surface area contributed by atoms with Gasteiger partial charge >= 0.3 is 5.97 Å². The number of anilines is 1. The highest BCUT2D eigenvalue weighted by Gasteiger charge is 2.06. The van der Waals surface area contributed by atoms with Crippen molar-refractivity contribution >= 4 is 11.7 Å². The van der Waals surface area contributed by atoms with Crippen LogP contribution in [-0.2, 0) is 6.54 Å². The summed E-state index contributed by atoms with van der Waals surface area (Å²) >= 11 is 0. The number of aromatic carboxylic acids is 1. The summed E-state index contributed by atoms with van der Waals surface area (Å²) in [6.45, 7) is 2.81. The fraction of sp³-hybridized carbons (Fsp3) is 0.231. The molecule has 5 nitrogen and oxygen atoms in total. The molecule has 0 radical (unpaired) electrons. The van der Waals surface area contributed by atoms with Crippen LogP contribution < -0.4 is 5.32 Å². The third-order valence-electron chi connectivity index (χ3n) is 2.57. The van der Waals surface area contributed by atoms with Crippen molar-refractivity contribution in [1.82, 2.24) is 9.55 Å². The van der Waals surface area contributed by atoms with Crippen LogP contribution in [0.15, 0.2) is 43.0 Å². The highest BCUT2D eigenvalue weighted by Crippen LogP contribution is 2.12. The highest BCUT2D eigenvalue weighted by molar-refractivity contribution is 5.88. The van der Waals surface area contributed by atoms with E-state index in [4.69, 9.17) is 5.11 Å². The maximum absolute atomic E-state index is 10.9. The first-order valence-corrected chi connectivity index (χ1v) is 5.71. The maximum atomic E-state index is 10.9. The second-order valence-corrected chi connectivity index (χ2v) is 4.19. The molecule has 2 aromatic rings. The van der Waals surface area contributed by atoms with E-state index in [1.54, 1.807) is 30.7 Å².